The number of aliphatic hydroxyl groups is 2. The Morgan fingerprint density at radius 3 is 1.94 bits per heavy atom. The number of carbonyl (C=O) groups is 2. The zero-order chi connectivity index (χ0) is 12.4. The summed E-state index contributed by atoms with van der Waals surface area (Å²) in [5, 5.41) is 25.8. The van der Waals surface area contributed by atoms with E-state index >= 15 is 0 Å². The van der Waals surface area contributed by atoms with E-state index in [1.807, 2.05) is 0 Å². The van der Waals surface area contributed by atoms with Crippen molar-refractivity contribution in [2.24, 2.45) is 0 Å². The predicted molar refractivity (Wildman–Crippen MR) is 58.1 cm³/mol. The van der Waals surface area contributed by atoms with Gasteiger partial charge in [-0.2, -0.15) is 0 Å². The Labute approximate surface area is 95.1 Å². The molecule has 0 aliphatic heterocycles. The third kappa shape index (κ3) is 8.38. The lowest BCUT2D eigenvalue weighted by Gasteiger charge is -2.05. The highest BCUT2D eigenvalue weighted by atomic mass is 16.4. The van der Waals surface area contributed by atoms with Crippen LogP contribution in [-0.2, 0) is 9.59 Å². The van der Waals surface area contributed by atoms with Gasteiger partial charge in [0.25, 0.3) is 0 Å². The summed E-state index contributed by atoms with van der Waals surface area (Å²) in [6.45, 7) is -0.516. The van der Waals surface area contributed by atoms with Gasteiger partial charge in [0.1, 0.15) is 6.10 Å². The summed E-state index contributed by atoms with van der Waals surface area (Å²) in [6.07, 6.45) is 3.18. The average molecular weight is 232 g/mol. The number of carboxylic acids is 1. The minimum absolute atomic E-state index is 0.197. The molecule has 1 atom stereocenters. The monoisotopic (exact) mass is 232 g/mol. The molecule has 5 nitrogen and oxygen atoms in total. The zero-order valence-electron chi connectivity index (χ0n) is 9.39. The second-order valence-electron chi connectivity index (χ2n) is 3.83. The van der Waals surface area contributed by atoms with Crippen LogP contribution in [0.1, 0.15) is 44.9 Å². The maximum absolute atomic E-state index is 11.1. The lowest BCUT2D eigenvalue weighted by atomic mass is 10.1. The molecular weight excluding hydrogens is 212 g/mol. The first-order chi connectivity index (χ1) is 7.57. The van der Waals surface area contributed by atoms with Crippen molar-refractivity contribution in [1.82, 2.24) is 0 Å². The number of carboxylic acid groups (broad SMARTS) is 1. The largest absolute Gasteiger partial charge is 0.481 e. The molecule has 0 radical (unpaired) electrons. The molecular formula is C11H20O5. The molecule has 0 rings (SSSR count). The fourth-order valence-electron chi connectivity index (χ4n) is 1.37. The van der Waals surface area contributed by atoms with E-state index in [1.54, 1.807) is 0 Å². The van der Waals surface area contributed by atoms with Crippen LogP contribution in [0, 0.1) is 0 Å². The van der Waals surface area contributed by atoms with Crippen LogP contribution in [0.15, 0.2) is 0 Å². The van der Waals surface area contributed by atoms with Gasteiger partial charge in [0.15, 0.2) is 5.78 Å². The highest BCUT2D eigenvalue weighted by molar-refractivity contribution is 5.82. The van der Waals surface area contributed by atoms with E-state index in [9.17, 15) is 9.59 Å². The molecule has 0 aliphatic rings. The van der Waals surface area contributed by atoms with Crippen molar-refractivity contribution in [3.8, 4) is 0 Å². The summed E-state index contributed by atoms with van der Waals surface area (Å²) >= 11 is 0. The third-order valence-electron chi connectivity index (χ3n) is 2.36. The van der Waals surface area contributed by atoms with Gasteiger partial charge in [0.2, 0.25) is 0 Å². The van der Waals surface area contributed by atoms with Gasteiger partial charge < -0.3 is 15.3 Å². The maximum atomic E-state index is 11.1. The van der Waals surface area contributed by atoms with Gasteiger partial charge in [-0.25, -0.2) is 0 Å². The topological polar surface area (TPSA) is 94.8 Å². The molecule has 0 saturated carbocycles. The van der Waals surface area contributed by atoms with Crippen LogP contribution in [0.3, 0.4) is 0 Å². The number of ketones is 1. The van der Waals surface area contributed by atoms with Gasteiger partial charge in [-0.3, -0.25) is 9.59 Å². The first-order valence-corrected chi connectivity index (χ1v) is 5.61. The first kappa shape index (κ1) is 15.1. The molecule has 0 fully saturated rings. The summed E-state index contributed by atoms with van der Waals surface area (Å²) < 4.78 is 0. The average Bonchev–Trinajstić information content (AvgIpc) is 2.25. The minimum Gasteiger partial charge on any atom is -0.481 e. The Morgan fingerprint density at radius 1 is 0.938 bits per heavy atom. The van der Waals surface area contributed by atoms with Gasteiger partial charge in [-0.05, 0) is 12.8 Å². The van der Waals surface area contributed by atoms with Gasteiger partial charge in [-0.15, -0.1) is 0 Å². The Balaban J connectivity index is 3.27. The van der Waals surface area contributed by atoms with Gasteiger partial charge in [-0.1, -0.05) is 19.3 Å². The molecule has 0 saturated heterocycles. The molecule has 0 aromatic rings. The summed E-state index contributed by atoms with van der Waals surface area (Å²) in [6, 6.07) is 0. The Bertz CT molecular complexity index is 214. The zero-order valence-corrected chi connectivity index (χ0v) is 9.39. The minimum atomic E-state index is -1.24. The molecule has 94 valence electrons. The van der Waals surface area contributed by atoms with E-state index in [4.69, 9.17) is 15.3 Å². The number of aliphatic hydroxyl groups excluding tert-OH is 2. The number of unbranched alkanes of at least 4 members (excludes halogenated alkanes) is 4. The van der Waals surface area contributed by atoms with E-state index < -0.39 is 18.7 Å². The lowest BCUT2D eigenvalue weighted by molar-refractivity contribution is -0.137. The lowest BCUT2D eigenvalue weighted by Crippen LogP contribution is -2.23. The van der Waals surface area contributed by atoms with E-state index in [-0.39, 0.29) is 18.6 Å². The highest BCUT2D eigenvalue weighted by Crippen LogP contribution is 2.08. The first-order valence-electron chi connectivity index (χ1n) is 5.61. The summed E-state index contributed by atoms with van der Waals surface area (Å²) in [7, 11) is 0. The van der Waals surface area contributed by atoms with Crippen molar-refractivity contribution in [2.45, 2.75) is 51.0 Å². The van der Waals surface area contributed by atoms with Crippen molar-refractivity contribution in [3.63, 3.8) is 0 Å². The standard InChI is InChI=1S/C11H20O5/c12-8-10(14)9(13)6-4-2-1-3-5-7-11(15)16/h10,12,14H,1-8H2,(H,15,16). The van der Waals surface area contributed by atoms with Crippen LogP contribution in [0.2, 0.25) is 0 Å². The molecule has 3 N–H and O–H groups in total. The van der Waals surface area contributed by atoms with Crippen LogP contribution in [0.25, 0.3) is 0 Å². The number of hydrogen-bond donors (Lipinski definition) is 3. The number of Topliss-reactive ketones (excluding diaryl/α,β-unsaturated/α-hetero) is 1. The molecule has 1 unspecified atom stereocenters. The Hall–Kier alpha value is -0.940. The van der Waals surface area contributed by atoms with Crippen LogP contribution >= 0.6 is 0 Å². The summed E-state index contributed by atoms with van der Waals surface area (Å²) in [5.74, 6) is -1.10. The van der Waals surface area contributed by atoms with E-state index in [0.29, 0.717) is 12.8 Å². The van der Waals surface area contributed by atoms with Crippen molar-refractivity contribution in [1.29, 1.82) is 0 Å². The third-order valence-corrected chi connectivity index (χ3v) is 2.36. The highest BCUT2D eigenvalue weighted by Gasteiger charge is 2.12. The number of hydrogen-bond acceptors (Lipinski definition) is 4. The maximum Gasteiger partial charge on any atom is 0.303 e. The quantitative estimate of drug-likeness (QED) is 0.482. The van der Waals surface area contributed by atoms with Gasteiger partial charge >= 0.3 is 5.97 Å². The summed E-state index contributed by atoms with van der Waals surface area (Å²) in [4.78, 5) is 21.3. The Kier molecular flexibility index (Phi) is 8.75. The van der Waals surface area contributed by atoms with E-state index in [0.717, 1.165) is 19.3 Å². The van der Waals surface area contributed by atoms with E-state index in [1.165, 1.54) is 0 Å². The van der Waals surface area contributed by atoms with Crippen molar-refractivity contribution in [2.75, 3.05) is 6.61 Å². The molecule has 0 spiro atoms. The predicted octanol–water partition coefficient (Wildman–Crippen LogP) is 0.724. The fourth-order valence-corrected chi connectivity index (χ4v) is 1.37. The van der Waals surface area contributed by atoms with Crippen LogP contribution in [-0.4, -0.2) is 39.8 Å². The molecule has 0 bridgehead atoms. The SMILES string of the molecule is O=C(O)CCCCCCCC(=O)C(O)CO. The van der Waals surface area contributed by atoms with Gasteiger partial charge in [0, 0.05) is 12.8 Å². The fraction of sp³-hybridized carbons (Fsp3) is 0.818. The van der Waals surface area contributed by atoms with Crippen LogP contribution < -0.4 is 0 Å². The second-order valence-corrected chi connectivity index (χ2v) is 3.83. The van der Waals surface area contributed by atoms with E-state index in [2.05, 4.69) is 0 Å². The van der Waals surface area contributed by atoms with Crippen LogP contribution in [0.5, 0.6) is 0 Å². The number of aliphatic carboxylic acids is 1. The van der Waals surface area contributed by atoms with Crippen molar-refractivity contribution >= 4 is 11.8 Å². The molecule has 0 heterocycles. The van der Waals surface area contributed by atoms with Crippen molar-refractivity contribution in [3.05, 3.63) is 0 Å². The molecule has 0 amide bonds. The molecule has 5 heteroatoms. The number of carbonyl (C=O) groups excluding carboxylic acids is 1. The Morgan fingerprint density at radius 2 is 1.44 bits per heavy atom. The molecule has 0 aromatic heterocycles. The summed E-state index contributed by atoms with van der Waals surface area (Å²) in [5.41, 5.74) is 0. The number of rotatable bonds is 10. The van der Waals surface area contributed by atoms with Crippen molar-refractivity contribution < 1.29 is 24.9 Å². The van der Waals surface area contributed by atoms with Crippen LogP contribution in [0.4, 0.5) is 0 Å². The molecule has 0 aliphatic carbocycles. The normalized spacial score (nSPS) is 12.4. The second kappa shape index (κ2) is 9.30. The molecule has 0 aromatic carbocycles. The van der Waals surface area contributed by atoms with Gasteiger partial charge in [0.05, 0.1) is 6.61 Å². The molecule has 16 heavy (non-hydrogen) atoms. The smallest absolute Gasteiger partial charge is 0.303 e.